The smallest absolute Gasteiger partial charge is 0.142 e. The molecular formula is C22H21N3. The first-order chi connectivity index (χ1) is 11.9. The topological polar surface area (TPSA) is 62.7 Å². The van der Waals surface area contributed by atoms with E-state index in [1.54, 1.807) is 0 Å². The first-order valence-electron chi connectivity index (χ1n) is 8.27. The lowest BCUT2D eigenvalue weighted by molar-refractivity contribution is 0.590. The molecule has 0 aliphatic rings. The number of nitriles is 1. The first-order valence-corrected chi connectivity index (χ1v) is 8.27. The SMILES string of the molecule is CC(C)(C)c1ccc(-c2cc(-c3ccccc3)nc(N)c2C#N)cc1. The number of pyridine rings is 1. The van der Waals surface area contributed by atoms with Gasteiger partial charge in [0.1, 0.15) is 17.5 Å². The minimum atomic E-state index is 0.0864. The lowest BCUT2D eigenvalue weighted by Gasteiger charge is -2.19. The maximum Gasteiger partial charge on any atom is 0.142 e. The Hall–Kier alpha value is -3.12. The molecule has 1 heterocycles. The summed E-state index contributed by atoms with van der Waals surface area (Å²) >= 11 is 0. The fourth-order valence-electron chi connectivity index (χ4n) is 2.82. The van der Waals surface area contributed by atoms with E-state index in [4.69, 9.17) is 5.73 Å². The van der Waals surface area contributed by atoms with Crippen molar-refractivity contribution in [3.63, 3.8) is 0 Å². The maximum atomic E-state index is 9.54. The Morgan fingerprint density at radius 3 is 2.12 bits per heavy atom. The van der Waals surface area contributed by atoms with Crippen LogP contribution in [0, 0.1) is 11.3 Å². The van der Waals surface area contributed by atoms with Crippen LogP contribution in [0.2, 0.25) is 0 Å². The number of hydrogen-bond donors (Lipinski definition) is 1. The highest BCUT2D eigenvalue weighted by Gasteiger charge is 2.16. The molecular weight excluding hydrogens is 306 g/mol. The molecule has 0 radical (unpaired) electrons. The minimum absolute atomic E-state index is 0.0864. The molecule has 0 atom stereocenters. The Morgan fingerprint density at radius 2 is 1.56 bits per heavy atom. The van der Waals surface area contributed by atoms with Crippen molar-refractivity contribution in [1.82, 2.24) is 4.98 Å². The van der Waals surface area contributed by atoms with Crippen molar-refractivity contribution in [3.8, 4) is 28.5 Å². The second kappa shape index (κ2) is 6.41. The van der Waals surface area contributed by atoms with Crippen LogP contribution in [-0.4, -0.2) is 4.98 Å². The lowest BCUT2D eigenvalue weighted by atomic mass is 9.86. The number of benzene rings is 2. The third-order valence-corrected chi connectivity index (χ3v) is 4.29. The quantitative estimate of drug-likeness (QED) is 0.706. The summed E-state index contributed by atoms with van der Waals surface area (Å²) in [7, 11) is 0. The predicted octanol–water partition coefficient (Wildman–Crippen LogP) is 5.17. The molecule has 3 heteroatoms. The Bertz CT molecular complexity index is 928. The summed E-state index contributed by atoms with van der Waals surface area (Å²) in [6, 6.07) is 22.3. The van der Waals surface area contributed by atoms with Gasteiger partial charge in [0.05, 0.1) is 5.69 Å². The van der Waals surface area contributed by atoms with Crippen LogP contribution < -0.4 is 5.73 Å². The van der Waals surface area contributed by atoms with Gasteiger partial charge in [0, 0.05) is 11.1 Å². The second-order valence-corrected chi connectivity index (χ2v) is 7.12. The van der Waals surface area contributed by atoms with Gasteiger partial charge >= 0.3 is 0 Å². The normalized spacial score (nSPS) is 11.1. The molecule has 1 aromatic heterocycles. The highest BCUT2D eigenvalue weighted by Crippen LogP contribution is 2.32. The molecule has 0 saturated carbocycles. The van der Waals surface area contributed by atoms with Crippen molar-refractivity contribution in [2.24, 2.45) is 0 Å². The fourth-order valence-corrected chi connectivity index (χ4v) is 2.82. The van der Waals surface area contributed by atoms with Crippen LogP contribution in [0.4, 0.5) is 5.82 Å². The molecule has 124 valence electrons. The highest BCUT2D eigenvalue weighted by molar-refractivity contribution is 5.80. The van der Waals surface area contributed by atoms with Crippen LogP contribution in [0.5, 0.6) is 0 Å². The summed E-state index contributed by atoms with van der Waals surface area (Å²) in [5.74, 6) is 0.263. The largest absolute Gasteiger partial charge is 0.383 e. The summed E-state index contributed by atoms with van der Waals surface area (Å²) in [6.45, 7) is 6.54. The van der Waals surface area contributed by atoms with Gasteiger partial charge in [-0.25, -0.2) is 4.98 Å². The molecule has 2 N–H and O–H groups in total. The van der Waals surface area contributed by atoms with Gasteiger partial charge in [0.2, 0.25) is 0 Å². The standard InChI is InChI=1S/C22H21N3/c1-22(2,3)17-11-9-15(10-12-17)18-13-20(16-7-5-4-6-8-16)25-21(24)19(18)14-23/h4-13H,1-3H3,(H2,24,25). The van der Waals surface area contributed by atoms with Gasteiger partial charge in [0.15, 0.2) is 0 Å². The van der Waals surface area contributed by atoms with Crippen molar-refractivity contribution in [3.05, 3.63) is 71.8 Å². The van der Waals surface area contributed by atoms with Crippen LogP contribution in [0.15, 0.2) is 60.7 Å². The number of nitrogens with zero attached hydrogens (tertiary/aromatic N) is 2. The molecule has 3 rings (SSSR count). The molecule has 0 aliphatic carbocycles. The molecule has 0 aliphatic heterocycles. The van der Waals surface area contributed by atoms with E-state index in [2.05, 4.69) is 44.0 Å². The Morgan fingerprint density at radius 1 is 0.920 bits per heavy atom. The van der Waals surface area contributed by atoms with Gasteiger partial charge in [0.25, 0.3) is 0 Å². The number of rotatable bonds is 2. The van der Waals surface area contributed by atoms with E-state index in [9.17, 15) is 5.26 Å². The highest BCUT2D eigenvalue weighted by atomic mass is 14.8. The Kier molecular flexibility index (Phi) is 4.29. The first kappa shape index (κ1) is 16.7. The van der Waals surface area contributed by atoms with Crippen LogP contribution >= 0.6 is 0 Å². The number of nitrogen functional groups attached to an aromatic ring is 1. The molecule has 0 bridgehead atoms. The van der Waals surface area contributed by atoms with Gasteiger partial charge in [-0.1, -0.05) is 75.4 Å². The number of aromatic nitrogens is 1. The summed E-state index contributed by atoms with van der Waals surface area (Å²) in [5, 5.41) is 9.54. The molecule has 0 saturated heterocycles. The molecule has 3 nitrogen and oxygen atoms in total. The van der Waals surface area contributed by atoms with Gasteiger partial charge in [-0.3, -0.25) is 0 Å². The van der Waals surface area contributed by atoms with Crippen LogP contribution in [-0.2, 0) is 5.41 Å². The monoisotopic (exact) mass is 327 g/mol. The molecule has 2 aromatic carbocycles. The minimum Gasteiger partial charge on any atom is -0.383 e. The average molecular weight is 327 g/mol. The van der Waals surface area contributed by atoms with E-state index in [0.717, 1.165) is 22.4 Å². The van der Waals surface area contributed by atoms with Gasteiger partial charge < -0.3 is 5.73 Å². The molecule has 0 fully saturated rings. The van der Waals surface area contributed by atoms with Crippen LogP contribution in [0.3, 0.4) is 0 Å². The predicted molar refractivity (Wildman–Crippen MR) is 103 cm³/mol. The summed E-state index contributed by atoms with van der Waals surface area (Å²) < 4.78 is 0. The average Bonchev–Trinajstić information content (AvgIpc) is 2.61. The number of anilines is 1. The maximum absolute atomic E-state index is 9.54. The summed E-state index contributed by atoms with van der Waals surface area (Å²) in [6.07, 6.45) is 0. The van der Waals surface area contributed by atoms with Crippen molar-refractivity contribution in [1.29, 1.82) is 5.26 Å². The van der Waals surface area contributed by atoms with Crippen molar-refractivity contribution < 1.29 is 0 Å². The zero-order chi connectivity index (χ0) is 18.0. The van der Waals surface area contributed by atoms with E-state index in [1.807, 2.05) is 48.5 Å². The van der Waals surface area contributed by atoms with E-state index < -0.39 is 0 Å². The lowest BCUT2D eigenvalue weighted by Crippen LogP contribution is -2.10. The third-order valence-electron chi connectivity index (χ3n) is 4.29. The molecule has 0 spiro atoms. The van der Waals surface area contributed by atoms with Crippen LogP contribution in [0.1, 0.15) is 31.9 Å². The van der Waals surface area contributed by atoms with E-state index in [0.29, 0.717) is 5.56 Å². The van der Waals surface area contributed by atoms with Crippen molar-refractivity contribution in [2.45, 2.75) is 26.2 Å². The van der Waals surface area contributed by atoms with Gasteiger partial charge in [-0.15, -0.1) is 0 Å². The van der Waals surface area contributed by atoms with E-state index in [1.165, 1.54) is 5.56 Å². The van der Waals surface area contributed by atoms with Crippen molar-refractivity contribution in [2.75, 3.05) is 5.73 Å². The second-order valence-electron chi connectivity index (χ2n) is 7.12. The Balaban J connectivity index is 2.15. The number of hydrogen-bond acceptors (Lipinski definition) is 3. The summed E-state index contributed by atoms with van der Waals surface area (Å²) in [4.78, 5) is 4.41. The zero-order valence-corrected chi connectivity index (χ0v) is 14.7. The van der Waals surface area contributed by atoms with E-state index >= 15 is 0 Å². The van der Waals surface area contributed by atoms with E-state index in [-0.39, 0.29) is 11.2 Å². The molecule has 25 heavy (non-hydrogen) atoms. The zero-order valence-electron chi connectivity index (χ0n) is 14.7. The number of nitrogens with two attached hydrogens (primary N) is 1. The van der Waals surface area contributed by atoms with Gasteiger partial charge in [-0.2, -0.15) is 5.26 Å². The third kappa shape index (κ3) is 3.39. The fraction of sp³-hybridized carbons (Fsp3) is 0.182. The van der Waals surface area contributed by atoms with Crippen LogP contribution in [0.25, 0.3) is 22.4 Å². The Labute approximate surface area is 148 Å². The van der Waals surface area contributed by atoms with Crippen molar-refractivity contribution >= 4 is 5.82 Å². The molecule has 0 amide bonds. The van der Waals surface area contributed by atoms with Gasteiger partial charge in [-0.05, 0) is 22.6 Å². The molecule has 3 aromatic rings. The molecule has 0 unspecified atom stereocenters. The summed E-state index contributed by atoms with van der Waals surface area (Å²) in [5.41, 5.74) is 11.4.